The van der Waals surface area contributed by atoms with Crippen LogP contribution in [-0.4, -0.2) is 28.8 Å². The first kappa shape index (κ1) is 11.6. The highest BCUT2D eigenvalue weighted by atomic mass is 15.3. The number of nitrogens with zero attached hydrogens (tertiary/aromatic N) is 3. The number of nitrogens with one attached hydrogen (secondary N) is 2. The molecule has 2 N–H and O–H groups in total. The van der Waals surface area contributed by atoms with Gasteiger partial charge in [-0.1, -0.05) is 0 Å². The molecule has 5 heteroatoms. The monoisotopic (exact) mass is 209 g/mol. The Morgan fingerprint density at radius 3 is 2.80 bits per heavy atom. The third-order valence-corrected chi connectivity index (χ3v) is 2.01. The van der Waals surface area contributed by atoms with Gasteiger partial charge in [-0.05, 0) is 19.9 Å². The molecular formula is C10H19N5. The fourth-order valence-corrected chi connectivity index (χ4v) is 1.22. The molecule has 1 aromatic rings. The lowest BCUT2D eigenvalue weighted by atomic mass is 10.4. The topological polar surface area (TPSA) is 54.2 Å². The van der Waals surface area contributed by atoms with Gasteiger partial charge in [-0.15, -0.1) is 0 Å². The van der Waals surface area contributed by atoms with Crippen LogP contribution in [0, 0.1) is 0 Å². The highest BCUT2D eigenvalue weighted by Crippen LogP contribution is 1.94. The van der Waals surface area contributed by atoms with E-state index >= 15 is 0 Å². The predicted molar refractivity (Wildman–Crippen MR) is 61.7 cm³/mol. The molecule has 0 fully saturated rings. The van der Waals surface area contributed by atoms with Crippen LogP contribution < -0.4 is 10.6 Å². The molecule has 0 radical (unpaired) electrons. The zero-order chi connectivity index (χ0) is 11.3. The van der Waals surface area contributed by atoms with E-state index in [0.29, 0.717) is 6.04 Å². The first-order valence-corrected chi connectivity index (χ1v) is 5.07. The van der Waals surface area contributed by atoms with Gasteiger partial charge in [0.1, 0.15) is 0 Å². The highest BCUT2D eigenvalue weighted by Gasteiger charge is 2.01. The summed E-state index contributed by atoms with van der Waals surface area (Å²) < 4.78 is 1.84. The van der Waals surface area contributed by atoms with Crippen LogP contribution in [0.25, 0.3) is 0 Å². The fraction of sp³-hybridized carbons (Fsp3) is 0.600. The maximum Gasteiger partial charge on any atom is 0.191 e. The Hall–Kier alpha value is -1.52. The van der Waals surface area contributed by atoms with Crippen molar-refractivity contribution in [2.45, 2.75) is 26.4 Å². The molecule has 0 aliphatic rings. The van der Waals surface area contributed by atoms with Crippen molar-refractivity contribution in [1.82, 2.24) is 20.4 Å². The van der Waals surface area contributed by atoms with E-state index in [2.05, 4.69) is 34.6 Å². The molecule has 1 heterocycles. The van der Waals surface area contributed by atoms with Crippen molar-refractivity contribution >= 4 is 5.96 Å². The Morgan fingerprint density at radius 1 is 1.60 bits per heavy atom. The molecule has 1 rings (SSSR count). The largest absolute Gasteiger partial charge is 0.354 e. The number of aryl methyl sites for hydroxylation is 1. The number of hydrogen-bond acceptors (Lipinski definition) is 2. The van der Waals surface area contributed by atoms with Crippen LogP contribution in [0.4, 0.5) is 0 Å². The second-order valence-corrected chi connectivity index (χ2v) is 3.67. The summed E-state index contributed by atoms with van der Waals surface area (Å²) in [6.45, 7) is 4.89. The Morgan fingerprint density at radius 2 is 2.33 bits per heavy atom. The predicted octanol–water partition coefficient (Wildman–Crippen LogP) is 0.493. The van der Waals surface area contributed by atoms with E-state index in [4.69, 9.17) is 0 Å². The normalized spacial score (nSPS) is 11.9. The summed E-state index contributed by atoms with van der Waals surface area (Å²) in [5.41, 5.74) is 1.13. The van der Waals surface area contributed by atoms with E-state index in [1.54, 1.807) is 13.2 Å². The molecule has 0 saturated heterocycles. The SMILES string of the molecule is CN=C(NCc1ccnn1C)NC(C)C. The Kier molecular flexibility index (Phi) is 4.15. The molecule has 0 unspecified atom stereocenters. The van der Waals surface area contributed by atoms with Gasteiger partial charge in [0.2, 0.25) is 0 Å². The molecule has 84 valence electrons. The number of aliphatic imine (C=N–C) groups is 1. The molecular weight excluding hydrogens is 190 g/mol. The minimum Gasteiger partial charge on any atom is -0.354 e. The minimum atomic E-state index is 0.378. The van der Waals surface area contributed by atoms with Gasteiger partial charge in [-0.25, -0.2) is 0 Å². The Balaban J connectivity index is 2.45. The summed E-state index contributed by atoms with van der Waals surface area (Å²) in [4.78, 5) is 4.12. The number of aromatic nitrogens is 2. The molecule has 0 amide bonds. The zero-order valence-corrected chi connectivity index (χ0v) is 9.78. The lowest BCUT2D eigenvalue weighted by Crippen LogP contribution is -2.40. The summed E-state index contributed by atoms with van der Waals surface area (Å²) in [6, 6.07) is 2.36. The van der Waals surface area contributed by atoms with Gasteiger partial charge in [0, 0.05) is 26.3 Å². The summed E-state index contributed by atoms with van der Waals surface area (Å²) in [5.74, 6) is 0.811. The molecule has 1 aromatic heterocycles. The van der Waals surface area contributed by atoms with E-state index in [-0.39, 0.29) is 0 Å². The Bertz CT molecular complexity index is 326. The second-order valence-electron chi connectivity index (χ2n) is 3.67. The number of hydrogen-bond donors (Lipinski definition) is 2. The van der Waals surface area contributed by atoms with E-state index in [9.17, 15) is 0 Å². The third kappa shape index (κ3) is 3.61. The molecule has 0 bridgehead atoms. The summed E-state index contributed by atoms with van der Waals surface area (Å²) in [6.07, 6.45) is 1.79. The van der Waals surface area contributed by atoms with Gasteiger partial charge in [0.25, 0.3) is 0 Å². The highest BCUT2D eigenvalue weighted by molar-refractivity contribution is 5.79. The third-order valence-electron chi connectivity index (χ3n) is 2.01. The van der Waals surface area contributed by atoms with Crippen molar-refractivity contribution in [1.29, 1.82) is 0 Å². The smallest absolute Gasteiger partial charge is 0.191 e. The van der Waals surface area contributed by atoms with Crippen molar-refractivity contribution in [3.8, 4) is 0 Å². The molecule has 5 nitrogen and oxygen atoms in total. The summed E-state index contributed by atoms with van der Waals surface area (Å²) in [5, 5.41) is 10.5. The van der Waals surface area contributed by atoms with Crippen LogP contribution in [0.2, 0.25) is 0 Å². The lowest BCUT2D eigenvalue weighted by molar-refractivity contribution is 0.665. The van der Waals surface area contributed by atoms with Crippen molar-refractivity contribution in [2.75, 3.05) is 7.05 Å². The first-order valence-electron chi connectivity index (χ1n) is 5.07. The van der Waals surface area contributed by atoms with E-state index in [1.165, 1.54) is 0 Å². The van der Waals surface area contributed by atoms with Crippen molar-refractivity contribution in [2.24, 2.45) is 12.0 Å². The van der Waals surface area contributed by atoms with Gasteiger partial charge in [0.15, 0.2) is 5.96 Å². The second kappa shape index (κ2) is 5.38. The average molecular weight is 209 g/mol. The minimum absolute atomic E-state index is 0.378. The standard InChI is InChI=1S/C10H19N5/c1-8(2)14-10(11-3)12-7-9-5-6-13-15(9)4/h5-6,8H,7H2,1-4H3,(H2,11,12,14). The molecule has 0 atom stereocenters. The average Bonchev–Trinajstić information content (AvgIpc) is 2.58. The van der Waals surface area contributed by atoms with Crippen LogP contribution >= 0.6 is 0 Å². The van der Waals surface area contributed by atoms with Gasteiger partial charge in [0.05, 0.1) is 12.2 Å². The summed E-state index contributed by atoms with van der Waals surface area (Å²) in [7, 11) is 3.69. The maximum absolute atomic E-state index is 4.12. The fourth-order valence-electron chi connectivity index (χ4n) is 1.22. The van der Waals surface area contributed by atoms with Crippen LogP contribution in [-0.2, 0) is 13.6 Å². The van der Waals surface area contributed by atoms with Crippen LogP contribution in [0.15, 0.2) is 17.3 Å². The van der Waals surface area contributed by atoms with E-state index in [1.807, 2.05) is 17.8 Å². The van der Waals surface area contributed by atoms with Gasteiger partial charge < -0.3 is 10.6 Å². The van der Waals surface area contributed by atoms with Gasteiger partial charge >= 0.3 is 0 Å². The van der Waals surface area contributed by atoms with Gasteiger partial charge in [-0.2, -0.15) is 5.10 Å². The molecule has 0 aliphatic carbocycles. The zero-order valence-electron chi connectivity index (χ0n) is 9.78. The molecule has 0 saturated carbocycles. The van der Waals surface area contributed by atoms with Crippen LogP contribution in [0.3, 0.4) is 0 Å². The van der Waals surface area contributed by atoms with Crippen LogP contribution in [0.5, 0.6) is 0 Å². The first-order chi connectivity index (χ1) is 7.13. The maximum atomic E-state index is 4.12. The Labute approximate surface area is 90.6 Å². The lowest BCUT2D eigenvalue weighted by Gasteiger charge is -2.14. The molecule has 0 aromatic carbocycles. The number of rotatable bonds is 3. The molecule has 0 aliphatic heterocycles. The van der Waals surface area contributed by atoms with Crippen molar-refractivity contribution < 1.29 is 0 Å². The van der Waals surface area contributed by atoms with Crippen molar-refractivity contribution in [3.05, 3.63) is 18.0 Å². The molecule has 0 spiro atoms. The summed E-state index contributed by atoms with van der Waals surface area (Å²) >= 11 is 0. The van der Waals surface area contributed by atoms with Gasteiger partial charge in [-0.3, -0.25) is 9.67 Å². The quantitative estimate of drug-likeness (QED) is 0.563. The van der Waals surface area contributed by atoms with Crippen molar-refractivity contribution in [3.63, 3.8) is 0 Å². The van der Waals surface area contributed by atoms with E-state index < -0.39 is 0 Å². The van der Waals surface area contributed by atoms with E-state index in [0.717, 1.165) is 18.2 Å². The van der Waals surface area contributed by atoms with Crippen LogP contribution in [0.1, 0.15) is 19.5 Å². The number of guanidine groups is 1. The molecule has 15 heavy (non-hydrogen) atoms.